The summed E-state index contributed by atoms with van der Waals surface area (Å²) in [5.41, 5.74) is 1.36. The van der Waals surface area contributed by atoms with Crippen molar-refractivity contribution in [3.63, 3.8) is 0 Å². The largest absolute Gasteiger partial charge is 0.368 e. The Bertz CT molecular complexity index is 519. The monoisotopic (exact) mass is 316 g/mol. The number of nitrogens with one attached hydrogen (secondary N) is 1. The number of hydrogen-bond donors (Lipinski definition) is 1. The Morgan fingerprint density at radius 3 is 2.83 bits per heavy atom. The second-order valence-electron chi connectivity index (χ2n) is 7.12. The molecule has 1 amide bonds. The fraction of sp³-hybridized carbons (Fsp3) is 0.632. The smallest absolute Gasteiger partial charge is 0.249 e. The van der Waals surface area contributed by atoms with E-state index in [0.29, 0.717) is 18.4 Å². The number of rotatable bonds is 5. The Morgan fingerprint density at radius 2 is 2.13 bits per heavy atom. The molecule has 2 aliphatic rings. The predicted octanol–water partition coefficient (Wildman–Crippen LogP) is 2.44. The first kappa shape index (κ1) is 16.5. The van der Waals surface area contributed by atoms with Crippen LogP contribution in [-0.4, -0.2) is 42.6 Å². The molecule has 4 nitrogen and oxygen atoms in total. The lowest BCUT2D eigenvalue weighted by Gasteiger charge is -2.24. The minimum Gasteiger partial charge on any atom is -0.368 e. The van der Waals surface area contributed by atoms with Crippen LogP contribution < -0.4 is 5.32 Å². The van der Waals surface area contributed by atoms with Crippen LogP contribution in [0, 0.1) is 11.8 Å². The van der Waals surface area contributed by atoms with Crippen molar-refractivity contribution in [3.8, 4) is 0 Å². The van der Waals surface area contributed by atoms with Gasteiger partial charge in [0.15, 0.2) is 0 Å². The molecule has 3 rings (SSSR count). The topological polar surface area (TPSA) is 41.6 Å². The van der Waals surface area contributed by atoms with Crippen molar-refractivity contribution in [1.82, 2.24) is 10.2 Å². The molecule has 0 radical (unpaired) electrons. The summed E-state index contributed by atoms with van der Waals surface area (Å²) in [5.74, 6) is 0.934. The van der Waals surface area contributed by atoms with Gasteiger partial charge in [-0.2, -0.15) is 0 Å². The molecule has 23 heavy (non-hydrogen) atoms. The molecule has 2 unspecified atom stereocenters. The molecule has 0 aliphatic carbocycles. The van der Waals surface area contributed by atoms with E-state index in [4.69, 9.17) is 4.74 Å². The van der Waals surface area contributed by atoms with Gasteiger partial charge in [-0.25, -0.2) is 0 Å². The number of carbonyl (C=O) groups excluding carboxylic acids is 1. The van der Waals surface area contributed by atoms with E-state index in [1.165, 1.54) is 5.56 Å². The highest BCUT2D eigenvalue weighted by Crippen LogP contribution is 2.23. The Kier molecular flexibility index (Phi) is 5.34. The molecule has 0 saturated carbocycles. The molecule has 0 aromatic heterocycles. The van der Waals surface area contributed by atoms with Crippen molar-refractivity contribution in [2.45, 2.75) is 45.4 Å². The maximum atomic E-state index is 12.3. The van der Waals surface area contributed by atoms with Gasteiger partial charge in [0.1, 0.15) is 6.10 Å². The summed E-state index contributed by atoms with van der Waals surface area (Å²) in [6.45, 7) is 8.10. The minimum absolute atomic E-state index is 0.0732. The fourth-order valence-corrected chi connectivity index (χ4v) is 3.71. The van der Waals surface area contributed by atoms with Crippen molar-refractivity contribution in [2.75, 3.05) is 19.7 Å². The summed E-state index contributed by atoms with van der Waals surface area (Å²) in [6.07, 6.45) is 1.88. The third kappa shape index (κ3) is 4.12. The van der Waals surface area contributed by atoms with Crippen LogP contribution in [0.15, 0.2) is 30.3 Å². The quantitative estimate of drug-likeness (QED) is 0.907. The molecule has 1 aromatic rings. The number of ether oxygens (including phenoxy) is 1. The Labute approximate surface area is 139 Å². The van der Waals surface area contributed by atoms with Crippen LogP contribution in [0.2, 0.25) is 0 Å². The third-order valence-electron chi connectivity index (χ3n) is 5.28. The first-order valence-electron chi connectivity index (χ1n) is 8.81. The van der Waals surface area contributed by atoms with Crippen molar-refractivity contribution in [3.05, 3.63) is 35.9 Å². The van der Waals surface area contributed by atoms with Gasteiger partial charge in [-0.05, 0) is 43.7 Å². The van der Waals surface area contributed by atoms with E-state index in [0.717, 1.165) is 32.5 Å². The van der Waals surface area contributed by atoms with Gasteiger partial charge in [-0.3, -0.25) is 9.69 Å². The first-order valence-corrected chi connectivity index (χ1v) is 8.81. The lowest BCUT2D eigenvalue weighted by Crippen LogP contribution is -2.45. The molecule has 2 heterocycles. The van der Waals surface area contributed by atoms with Crippen LogP contribution in [0.1, 0.15) is 32.3 Å². The molecule has 2 saturated heterocycles. The van der Waals surface area contributed by atoms with E-state index < -0.39 is 0 Å². The Hall–Kier alpha value is -1.39. The molecule has 126 valence electrons. The second kappa shape index (κ2) is 7.45. The number of hydrogen-bond acceptors (Lipinski definition) is 3. The molecule has 4 heteroatoms. The Balaban J connectivity index is 1.47. The normalized spacial score (nSPS) is 29.6. The number of amides is 1. The third-order valence-corrected chi connectivity index (χ3v) is 5.28. The van der Waals surface area contributed by atoms with Gasteiger partial charge in [0.2, 0.25) is 5.91 Å². The van der Waals surface area contributed by atoms with Gasteiger partial charge in [-0.15, -0.1) is 0 Å². The van der Waals surface area contributed by atoms with Crippen LogP contribution in [0.4, 0.5) is 0 Å². The number of likely N-dealkylation sites (tertiary alicyclic amines) is 1. The van der Waals surface area contributed by atoms with E-state index in [1.54, 1.807) is 0 Å². The summed E-state index contributed by atoms with van der Waals surface area (Å²) in [7, 11) is 0. The minimum atomic E-state index is -0.251. The van der Waals surface area contributed by atoms with Crippen LogP contribution >= 0.6 is 0 Å². The second-order valence-corrected chi connectivity index (χ2v) is 7.12. The summed E-state index contributed by atoms with van der Waals surface area (Å²) < 4.78 is 5.57. The molecular formula is C19H28N2O2. The predicted molar refractivity (Wildman–Crippen MR) is 91.0 cm³/mol. The van der Waals surface area contributed by atoms with Crippen LogP contribution in [0.25, 0.3) is 0 Å². The highest BCUT2D eigenvalue weighted by molar-refractivity contribution is 5.81. The lowest BCUT2D eigenvalue weighted by atomic mass is 9.99. The average Bonchev–Trinajstić information content (AvgIpc) is 3.17. The van der Waals surface area contributed by atoms with Gasteiger partial charge in [0, 0.05) is 25.7 Å². The lowest BCUT2D eigenvalue weighted by molar-refractivity contribution is -0.132. The van der Waals surface area contributed by atoms with Crippen LogP contribution in [0.3, 0.4) is 0 Å². The molecule has 2 aliphatic heterocycles. The molecule has 1 aromatic carbocycles. The van der Waals surface area contributed by atoms with Gasteiger partial charge < -0.3 is 10.1 Å². The molecule has 2 fully saturated rings. The molecule has 4 atom stereocenters. The van der Waals surface area contributed by atoms with Gasteiger partial charge in [0.05, 0.1) is 0 Å². The fourth-order valence-electron chi connectivity index (χ4n) is 3.71. The van der Waals surface area contributed by atoms with E-state index in [2.05, 4.69) is 54.4 Å². The first-order chi connectivity index (χ1) is 11.1. The molecule has 1 N–H and O–H groups in total. The molecule has 0 bridgehead atoms. The summed E-state index contributed by atoms with van der Waals surface area (Å²) in [5, 5.41) is 3.19. The Morgan fingerprint density at radius 1 is 1.35 bits per heavy atom. The van der Waals surface area contributed by atoms with E-state index in [9.17, 15) is 4.79 Å². The zero-order valence-corrected chi connectivity index (χ0v) is 14.2. The van der Waals surface area contributed by atoms with Crippen molar-refractivity contribution in [1.29, 1.82) is 0 Å². The van der Waals surface area contributed by atoms with Gasteiger partial charge in [0.25, 0.3) is 0 Å². The van der Waals surface area contributed by atoms with E-state index in [-0.39, 0.29) is 18.1 Å². The molecular weight excluding hydrogens is 288 g/mol. The highest BCUT2D eigenvalue weighted by Gasteiger charge is 2.34. The summed E-state index contributed by atoms with van der Waals surface area (Å²) in [4.78, 5) is 14.8. The zero-order chi connectivity index (χ0) is 16.2. The maximum Gasteiger partial charge on any atom is 0.249 e. The SMILES string of the molecule is CC(NC(=O)[C@H]1OCC[C@H]1C)C1CCN(Cc2ccccc2)C1. The van der Waals surface area contributed by atoms with E-state index >= 15 is 0 Å². The van der Waals surface area contributed by atoms with Crippen LogP contribution in [-0.2, 0) is 16.1 Å². The van der Waals surface area contributed by atoms with Crippen molar-refractivity contribution >= 4 is 5.91 Å². The van der Waals surface area contributed by atoms with Gasteiger partial charge in [-0.1, -0.05) is 37.3 Å². The number of benzene rings is 1. The van der Waals surface area contributed by atoms with Crippen molar-refractivity contribution in [2.24, 2.45) is 11.8 Å². The number of nitrogens with zero attached hydrogens (tertiary/aromatic N) is 1. The highest BCUT2D eigenvalue weighted by atomic mass is 16.5. The zero-order valence-electron chi connectivity index (χ0n) is 14.2. The van der Waals surface area contributed by atoms with Crippen molar-refractivity contribution < 1.29 is 9.53 Å². The average molecular weight is 316 g/mol. The van der Waals surface area contributed by atoms with Crippen LogP contribution in [0.5, 0.6) is 0 Å². The summed E-state index contributed by atoms with van der Waals surface area (Å²) >= 11 is 0. The van der Waals surface area contributed by atoms with Gasteiger partial charge >= 0.3 is 0 Å². The van der Waals surface area contributed by atoms with E-state index in [1.807, 2.05) is 0 Å². The standard InChI is InChI=1S/C19H28N2O2/c1-14-9-11-23-18(14)19(22)20-15(2)17-8-10-21(13-17)12-16-6-4-3-5-7-16/h3-7,14-15,17-18H,8-13H2,1-2H3,(H,20,22)/t14-,15?,17?,18+/m1/s1. The number of carbonyl (C=O) groups is 1. The molecule has 0 spiro atoms. The maximum absolute atomic E-state index is 12.3. The summed E-state index contributed by atoms with van der Waals surface area (Å²) in [6, 6.07) is 10.8.